The second kappa shape index (κ2) is 8.61. The maximum absolute atomic E-state index is 12.5. The Morgan fingerprint density at radius 2 is 1.87 bits per heavy atom. The molecular weight excluding hydrogens is 414 g/mol. The Bertz CT molecular complexity index is 1140. The Morgan fingerprint density at radius 3 is 2.58 bits per heavy atom. The van der Waals surface area contributed by atoms with Gasteiger partial charge in [-0.1, -0.05) is 24.8 Å². The maximum atomic E-state index is 12.5. The highest BCUT2D eigenvalue weighted by Gasteiger charge is 2.30. The molecule has 0 spiro atoms. The molecule has 1 aromatic heterocycles. The predicted octanol–water partition coefficient (Wildman–Crippen LogP) is 4.28. The van der Waals surface area contributed by atoms with Crippen molar-refractivity contribution < 1.29 is 19.1 Å². The smallest absolute Gasteiger partial charge is 0.258 e. The Kier molecular flexibility index (Phi) is 5.73. The van der Waals surface area contributed by atoms with Gasteiger partial charge in [0.25, 0.3) is 5.91 Å². The van der Waals surface area contributed by atoms with Gasteiger partial charge in [-0.15, -0.1) is 11.3 Å². The zero-order valence-corrected chi connectivity index (χ0v) is 18.0. The minimum Gasteiger partial charge on any atom is -0.493 e. The van der Waals surface area contributed by atoms with Gasteiger partial charge in [-0.2, -0.15) is 0 Å². The molecule has 1 aliphatic rings. The van der Waals surface area contributed by atoms with Crippen molar-refractivity contribution in [3.63, 3.8) is 0 Å². The second-order valence-corrected chi connectivity index (χ2v) is 7.71. The van der Waals surface area contributed by atoms with E-state index in [1.54, 1.807) is 25.2 Å². The Morgan fingerprint density at radius 1 is 1.13 bits per heavy atom. The molecule has 2 heterocycles. The number of fused-ring (bicyclic) bond motifs is 1. The van der Waals surface area contributed by atoms with E-state index in [1.807, 2.05) is 41.8 Å². The monoisotopic (exact) mass is 435 g/mol. The van der Waals surface area contributed by atoms with Gasteiger partial charge in [0.1, 0.15) is 0 Å². The van der Waals surface area contributed by atoms with Crippen LogP contribution in [-0.2, 0) is 4.79 Å². The van der Waals surface area contributed by atoms with Crippen LogP contribution in [0.5, 0.6) is 11.5 Å². The fourth-order valence-electron chi connectivity index (χ4n) is 3.43. The van der Waals surface area contributed by atoms with E-state index in [2.05, 4.69) is 16.9 Å². The first kappa shape index (κ1) is 20.6. The van der Waals surface area contributed by atoms with Crippen molar-refractivity contribution in [1.29, 1.82) is 0 Å². The Balaban J connectivity index is 1.38. The number of ether oxygens (including phenoxy) is 2. The number of anilines is 1. The fraction of sp³-hybridized carbons (Fsp3) is 0.174. The number of methoxy groups -OCH3 is 2. The van der Waals surface area contributed by atoms with Gasteiger partial charge in [0, 0.05) is 40.7 Å². The molecular formula is C23H21N3O4S. The number of carbonyl (C=O) groups excluding carboxylic acids is 2. The molecule has 0 fully saturated rings. The average Bonchev–Trinajstić information content (AvgIpc) is 3.35. The minimum absolute atomic E-state index is 0.126. The topological polar surface area (TPSA) is 80.8 Å². The first-order chi connectivity index (χ1) is 15.0. The number of carbonyl (C=O) groups is 2. The summed E-state index contributed by atoms with van der Waals surface area (Å²) in [5, 5.41) is 5.15. The predicted molar refractivity (Wildman–Crippen MR) is 120 cm³/mol. The molecule has 1 N–H and O–H groups in total. The normalized spacial score (nSPS) is 12.6. The van der Waals surface area contributed by atoms with Crippen molar-refractivity contribution in [3.8, 4) is 22.8 Å². The van der Waals surface area contributed by atoms with Gasteiger partial charge in [0.05, 0.1) is 19.9 Å². The van der Waals surface area contributed by atoms with Crippen LogP contribution in [0.15, 0.2) is 54.4 Å². The van der Waals surface area contributed by atoms with E-state index >= 15 is 0 Å². The molecule has 0 atom stereocenters. The number of rotatable bonds is 7. The van der Waals surface area contributed by atoms with Crippen molar-refractivity contribution in [2.45, 2.75) is 6.42 Å². The highest BCUT2D eigenvalue weighted by Crippen LogP contribution is 2.34. The Hall–Kier alpha value is -3.65. The summed E-state index contributed by atoms with van der Waals surface area (Å²) in [6.45, 7) is 4.25. The molecule has 0 bridgehead atoms. The van der Waals surface area contributed by atoms with E-state index in [4.69, 9.17) is 9.47 Å². The first-order valence-electron chi connectivity index (χ1n) is 9.59. The molecule has 0 radical (unpaired) electrons. The molecule has 8 heteroatoms. The molecule has 2 aromatic carbocycles. The lowest BCUT2D eigenvalue weighted by Crippen LogP contribution is -2.27. The van der Waals surface area contributed by atoms with Gasteiger partial charge < -0.3 is 19.7 Å². The van der Waals surface area contributed by atoms with E-state index in [0.717, 1.165) is 16.8 Å². The van der Waals surface area contributed by atoms with Crippen molar-refractivity contribution in [1.82, 2.24) is 9.88 Å². The third-order valence-corrected chi connectivity index (χ3v) is 5.79. The van der Waals surface area contributed by atoms with Crippen LogP contribution in [0.25, 0.3) is 17.0 Å². The number of benzene rings is 2. The molecule has 3 aromatic rings. The lowest BCUT2D eigenvalue weighted by Gasteiger charge is -2.16. The van der Waals surface area contributed by atoms with Gasteiger partial charge in [-0.3, -0.25) is 9.59 Å². The van der Waals surface area contributed by atoms with E-state index in [0.29, 0.717) is 27.9 Å². The zero-order valence-electron chi connectivity index (χ0n) is 17.2. The molecule has 0 saturated heterocycles. The molecule has 158 valence electrons. The van der Waals surface area contributed by atoms with Crippen LogP contribution in [-0.4, -0.2) is 42.5 Å². The van der Waals surface area contributed by atoms with E-state index in [-0.39, 0.29) is 24.8 Å². The summed E-state index contributed by atoms with van der Waals surface area (Å²) in [4.78, 5) is 31.0. The number of nitrogens with zero attached hydrogens (tertiary/aromatic N) is 2. The Labute approximate surface area is 183 Å². The first-order valence-corrected chi connectivity index (χ1v) is 10.5. The van der Waals surface area contributed by atoms with Crippen LogP contribution in [0.4, 0.5) is 5.13 Å². The van der Waals surface area contributed by atoms with E-state index in [9.17, 15) is 9.59 Å². The molecule has 7 nitrogen and oxygen atoms in total. The number of thiazole rings is 1. The number of hydrogen-bond donors (Lipinski definition) is 1. The van der Waals surface area contributed by atoms with Gasteiger partial charge in [0.15, 0.2) is 16.6 Å². The summed E-state index contributed by atoms with van der Waals surface area (Å²) in [6.07, 6.45) is 0.143. The number of nitrogens with one attached hydrogen (secondary N) is 1. The quantitative estimate of drug-likeness (QED) is 0.599. The summed E-state index contributed by atoms with van der Waals surface area (Å²) in [5.74, 6) is 0.897. The summed E-state index contributed by atoms with van der Waals surface area (Å²) in [6, 6.07) is 12.8. The maximum Gasteiger partial charge on any atom is 0.258 e. The molecule has 0 saturated carbocycles. The summed E-state index contributed by atoms with van der Waals surface area (Å²) < 4.78 is 10.6. The van der Waals surface area contributed by atoms with Crippen LogP contribution in [0, 0.1) is 0 Å². The van der Waals surface area contributed by atoms with Crippen molar-refractivity contribution in [3.05, 3.63) is 65.6 Å². The molecule has 0 unspecified atom stereocenters. The van der Waals surface area contributed by atoms with E-state index in [1.165, 1.54) is 11.3 Å². The molecule has 1 aliphatic heterocycles. The molecule has 0 aliphatic carbocycles. The average molecular weight is 436 g/mol. The minimum atomic E-state index is -0.218. The fourth-order valence-corrected chi connectivity index (χ4v) is 4.16. The van der Waals surface area contributed by atoms with Crippen LogP contribution >= 0.6 is 11.3 Å². The molecule has 31 heavy (non-hydrogen) atoms. The third kappa shape index (κ3) is 4.02. The number of aromatic nitrogens is 1. The zero-order chi connectivity index (χ0) is 22.0. The van der Waals surface area contributed by atoms with E-state index < -0.39 is 0 Å². The second-order valence-electron chi connectivity index (χ2n) is 6.85. The van der Waals surface area contributed by atoms with Gasteiger partial charge in [0.2, 0.25) is 5.91 Å². The summed E-state index contributed by atoms with van der Waals surface area (Å²) in [5.41, 5.74) is 3.63. The van der Waals surface area contributed by atoms with Crippen LogP contribution < -0.4 is 14.8 Å². The largest absolute Gasteiger partial charge is 0.493 e. The van der Waals surface area contributed by atoms with Crippen LogP contribution in [0.2, 0.25) is 0 Å². The van der Waals surface area contributed by atoms with Gasteiger partial charge >= 0.3 is 0 Å². The molecule has 2 amide bonds. The third-order valence-electron chi connectivity index (χ3n) is 5.03. The number of amides is 2. The van der Waals surface area contributed by atoms with Crippen LogP contribution in [0.1, 0.15) is 22.3 Å². The standard InChI is InChI=1S/C23H21N3O4S/c1-14-16-6-4-5-7-17(16)22(28)26(14)11-10-21(27)25-23-24-18(13-31-23)15-8-9-19(29-2)20(12-15)30-3/h4-9,12-13H,1,10-11H2,2-3H3,(H,24,25,27). The summed E-state index contributed by atoms with van der Waals surface area (Å²) in [7, 11) is 3.16. The highest BCUT2D eigenvalue weighted by molar-refractivity contribution is 7.14. The van der Waals surface area contributed by atoms with Crippen molar-refractivity contribution in [2.75, 3.05) is 26.1 Å². The SMILES string of the molecule is C=C1c2ccccc2C(=O)N1CCC(=O)Nc1nc(-c2ccc(OC)c(OC)c2)cs1. The lowest BCUT2D eigenvalue weighted by molar-refractivity contribution is -0.116. The van der Waals surface area contributed by atoms with Gasteiger partial charge in [-0.25, -0.2) is 4.98 Å². The van der Waals surface area contributed by atoms with Crippen molar-refractivity contribution in [2.24, 2.45) is 0 Å². The lowest BCUT2D eigenvalue weighted by atomic mass is 10.1. The summed E-state index contributed by atoms with van der Waals surface area (Å²) >= 11 is 1.33. The number of hydrogen-bond acceptors (Lipinski definition) is 6. The van der Waals surface area contributed by atoms with Crippen molar-refractivity contribution >= 4 is 34.0 Å². The molecule has 4 rings (SSSR count). The van der Waals surface area contributed by atoms with Crippen LogP contribution in [0.3, 0.4) is 0 Å². The van der Waals surface area contributed by atoms with Gasteiger partial charge in [-0.05, 0) is 24.3 Å². The highest BCUT2D eigenvalue weighted by atomic mass is 32.1.